The number of hydrogen-bond donors (Lipinski definition) is 1. The van der Waals surface area contributed by atoms with Gasteiger partial charge in [0.2, 0.25) is 5.95 Å². The zero-order valence-corrected chi connectivity index (χ0v) is 9.54. The molecule has 6 nitrogen and oxygen atoms in total. The molecule has 0 aromatic carbocycles. The van der Waals surface area contributed by atoms with Gasteiger partial charge in [-0.05, 0) is 13.8 Å². The summed E-state index contributed by atoms with van der Waals surface area (Å²) in [7, 11) is 0. The molecule has 2 heterocycles. The second-order valence-corrected chi connectivity index (χ2v) is 3.84. The van der Waals surface area contributed by atoms with E-state index in [9.17, 15) is 0 Å². The topological polar surface area (TPSA) is 60.6 Å². The SMILES string of the molecule is CC(C)n1ccnc1NCCn1ccnn1. The van der Waals surface area contributed by atoms with Crippen molar-refractivity contribution < 1.29 is 0 Å². The molecule has 0 amide bonds. The minimum atomic E-state index is 0.413. The van der Waals surface area contributed by atoms with Crippen LogP contribution < -0.4 is 5.32 Å². The summed E-state index contributed by atoms with van der Waals surface area (Å²) in [6.07, 6.45) is 7.30. The van der Waals surface area contributed by atoms with E-state index in [1.807, 2.05) is 12.4 Å². The Balaban J connectivity index is 1.87. The van der Waals surface area contributed by atoms with E-state index >= 15 is 0 Å². The van der Waals surface area contributed by atoms with Crippen LogP contribution >= 0.6 is 0 Å². The Labute approximate surface area is 94.3 Å². The van der Waals surface area contributed by atoms with Gasteiger partial charge in [0.25, 0.3) is 0 Å². The van der Waals surface area contributed by atoms with Crippen LogP contribution in [0, 0.1) is 0 Å². The highest BCUT2D eigenvalue weighted by Crippen LogP contribution is 2.11. The Bertz CT molecular complexity index is 416. The smallest absolute Gasteiger partial charge is 0.203 e. The number of nitrogens with one attached hydrogen (secondary N) is 1. The normalized spacial score (nSPS) is 10.9. The molecule has 0 fully saturated rings. The molecule has 16 heavy (non-hydrogen) atoms. The first kappa shape index (κ1) is 10.7. The Hall–Kier alpha value is -1.85. The highest BCUT2D eigenvalue weighted by Gasteiger charge is 2.04. The van der Waals surface area contributed by atoms with Crippen molar-refractivity contribution in [1.82, 2.24) is 24.5 Å². The van der Waals surface area contributed by atoms with Crippen molar-refractivity contribution in [2.24, 2.45) is 0 Å². The highest BCUT2D eigenvalue weighted by molar-refractivity contribution is 5.26. The van der Waals surface area contributed by atoms with Crippen LogP contribution in [0.15, 0.2) is 24.8 Å². The Kier molecular flexibility index (Phi) is 3.19. The van der Waals surface area contributed by atoms with Crippen molar-refractivity contribution in [2.75, 3.05) is 11.9 Å². The van der Waals surface area contributed by atoms with E-state index in [1.54, 1.807) is 17.1 Å². The van der Waals surface area contributed by atoms with Crippen LogP contribution in [0.25, 0.3) is 0 Å². The van der Waals surface area contributed by atoms with Crippen molar-refractivity contribution in [2.45, 2.75) is 26.4 Å². The third-order valence-corrected chi connectivity index (χ3v) is 2.32. The number of rotatable bonds is 5. The maximum absolute atomic E-state index is 4.26. The monoisotopic (exact) mass is 220 g/mol. The van der Waals surface area contributed by atoms with Gasteiger partial charge in [0.05, 0.1) is 12.7 Å². The second kappa shape index (κ2) is 4.78. The van der Waals surface area contributed by atoms with Gasteiger partial charge in [-0.2, -0.15) is 0 Å². The maximum Gasteiger partial charge on any atom is 0.203 e. The highest BCUT2D eigenvalue weighted by atomic mass is 15.4. The Morgan fingerprint density at radius 2 is 2.19 bits per heavy atom. The van der Waals surface area contributed by atoms with Gasteiger partial charge in [-0.3, -0.25) is 4.68 Å². The summed E-state index contributed by atoms with van der Waals surface area (Å²) in [5.41, 5.74) is 0. The summed E-state index contributed by atoms with van der Waals surface area (Å²) in [5.74, 6) is 0.898. The average molecular weight is 220 g/mol. The number of hydrogen-bond acceptors (Lipinski definition) is 4. The number of imidazole rings is 1. The van der Waals surface area contributed by atoms with Crippen LogP contribution in [-0.4, -0.2) is 31.1 Å². The molecule has 1 N–H and O–H groups in total. The summed E-state index contributed by atoms with van der Waals surface area (Å²) < 4.78 is 3.89. The number of anilines is 1. The fourth-order valence-electron chi connectivity index (χ4n) is 1.50. The lowest BCUT2D eigenvalue weighted by molar-refractivity contribution is 0.587. The van der Waals surface area contributed by atoms with Gasteiger partial charge in [-0.15, -0.1) is 5.10 Å². The van der Waals surface area contributed by atoms with Crippen LogP contribution in [0.5, 0.6) is 0 Å². The van der Waals surface area contributed by atoms with Gasteiger partial charge >= 0.3 is 0 Å². The van der Waals surface area contributed by atoms with Crippen LogP contribution in [-0.2, 0) is 6.54 Å². The minimum absolute atomic E-state index is 0.413. The molecule has 0 radical (unpaired) electrons. The van der Waals surface area contributed by atoms with Crippen molar-refractivity contribution in [3.8, 4) is 0 Å². The van der Waals surface area contributed by atoms with E-state index in [-0.39, 0.29) is 0 Å². The Morgan fingerprint density at radius 1 is 1.31 bits per heavy atom. The molecule has 2 aromatic heterocycles. The zero-order valence-electron chi connectivity index (χ0n) is 9.54. The third-order valence-electron chi connectivity index (χ3n) is 2.32. The predicted molar refractivity (Wildman–Crippen MR) is 61.1 cm³/mol. The molecule has 0 spiro atoms. The van der Waals surface area contributed by atoms with Crippen LogP contribution in [0.4, 0.5) is 5.95 Å². The summed E-state index contributed by atoms with van der Waals surface area (Å²) in [6, 6.07) is 0.413. The third kappa shape index (κ3) is 2.39. The summed E-state index contributed by atoms with van der Waals surface area (Å²) in [5, 5.41) is 10.9. The quantitative estimate of drug-likeness (QED) is 0.821. The molecule has 0 aliphatic rings. The van der Waals surface area contributed by atoms with Crippen molar-refractivity contribution >= 4 is 5.95 Å². The molecule has 2 aromatic rings. The molecule has 0 atom stereocenters. The molecule has 0 saturated heterocycles. The largest absolute Gasteiger partial charge is 0.354 e. The molecule has 0 unspecified atom stereocenters. The predicted octanol–water partition coefficient (Wildman–Crippen LogP) is 1.17. The van der Waals surface area contributed by atoms with E-state index in [4.69, 9.17) is 0 Å². The molecule has 0 aliphatic heterocycles. The van der Waals surface area contributed by atoms with Gasteiger partial charge in [0, 0.05) is 31.2 Å². The first-order valence-corrected chi connectivity index (χ1v) is 5.38. The van der Waals surface area contributed by atoms with Crippen molar-refractivity contribution in [3.63, 3.8) is 0 Å². The molecule has 0 aliphatic carbocycles. The first-order chi connectivity index (χ1) is 7.77. The number of nitrogens with zero attached hydrogens (tertiary/aromatic N) is 5. The fourth-order valence-corrected chi connectivity index (χ4v) is 1.50. The molecule has 0 saturated carbocycles. The van der Waals surface area contributed by atoms with Crippen molar-refractivity contribution in [3.05, 3.63) is 24.8 Å². The van der Waals surface area contributed by atoms with Gasteiger partial charge in [0.15, 0.2) is 0 Å². The lowest BCUT2D eigenvalue weighted by Gasteiger charge is -2.12. The maximum atomic E-state index is 4.26. The second-order valence-electron chi connectivity index (χ2n) is 3.84. The van der Waals surface area contributed by atoms with Gasteiger partial charge in [-0.1, -0.05) is 5.21 Å². The molecular weight excluding hydrogens is 204 g/mol. The Morgan fingerprint density at radius 3 is 2.88 bits per heavy atom. The average Bonchev–Trinajstić information content (AvgIpc) is 2.87. The first-order valence-electron chi connectivity index (χ1n) is 5.38. The van der Waals surface area contributed by atoms with E-state index in [1.165, 1.54) is 0 Å². The van der Waals surface area contributed by atoms with Crippen LogP contribution in [0.3, 0.4) is 0 Å². The van der Waals surface area contributed by atoms with E-state index in [0.717, 1.165) is 19.0 Å². The minimum Gasteiger partial charge on any atom is -0.354 e. The van der Waals surface area contributed by atoms with Gasteiger partial charge in [0.1, 0.15) is 0 Å². The number of aromatic nitrogens is 5. The molecule has 2 rings (SSSR count). The molecule has 0 bridgehead atoms. The van der Waals surface area contributed by atoms with Gasteiger partial charge < -0.3 is 9.88 Å². The lowest BCUT2D eigenvalue weighted by atomic mass is 10.4. The van der Waals surface area contributed by atoms with Crippen molar-refractivity contribution in [1.29, 1.82) is 0 Å². The molecule has 6 heteroatoms. The fraction of sp³-hybridized carbons (Fsp3) is 0.500. The summed E-state index contributed by atoms with van der Waals surface area (Å²) >= 11 is 0. The molecule has 86 valence electrons. The standard InChI is InChI=1S/C10H16N6/c1-9(2)16-8-4-12-10(16)11-3-6-15-7-5-13-14-15/h4-5,7-9H,3,6H2,1-2H3,(H,11,12). The van der Waals surface area contributed by atoms with E-state index in [0.29, 0.717) is 6.04 Å². The lowest BCUT2D eigenvalue weighted by Crippen LogP contribution is -2.15. The van der Waals surface area contributed by atoms with Gasteiger partial charge in [-0.25, -0.2) is 4.98 Å². The van der Waals surface area contributed by atoms with Crippen LogP contribution in [0.2, 0.25) is 0 Å². The summed E-state index contributed by atoms with van der Waals surface area (Å²) in [6.45, 7) is 5.83. The molecular formula is C10H16N6. The van der Waals surface area contributed by atoms with E-state index < -0.39 is 0 Å². The van der Waals surface area contributed by atoms with Crippen LogP contribution in [0.1, 0.15) is 19.9 Å². The summed E-state index contributed by atoms with van der Waals surface area (Å²) in [4.78, 5) is 4.26. The zero-order chi connectivity index (χ0) is 11.4. The van der Waals surface area contributed by atoms with E-state index in [2.05, 4.69) is 39.0 Å².